The molecule has 1 N–H and O–H groups in total. The number of rotatable bonds is 8. The van der Waals surface area contributed by atoms with E-state index in [1.807, 2.05) is 31.2 Å². The molecular weight excluding hydrogens is 442 g/mol. The minimum atomic E-state index is -0.809. The van der Waals surface area contributed by atoms with Gasteiger partial charge in [0.2, 0.25) is 5.91 Å². The molecule has 2 aromatic carbocycles. The van der Waals surface area contributed by atoms with Crippen LogP contribution in [0.2, 0.25) is 0 Å². The molecule has 2 heterocycles. The number of carbonyl (C=O) groups is 2. The number of aliphatic imine (C=N–C) groups is 2. The number of amides is 2. The number of para-hydroxylation sites is 1. The van der Waals surface area contributed by atoms with Crippen molar-refractivity contribution in [2.45, 2.75) is 38.0 Å². The molecule has 0 saturated heterocycles. The SMILES string of the molecule is CCCCNC(=O)C[C@H]1N=C2c3ccccc3N=C(SCc3cccc([N+](=O)[O-])c3)N2C1=O. The third kappa shape index (κ3) is 4.95. The summed E-state index contributed by atoms with van der Waals surface area (Å²) in [7, 11) is 0. The van der Waals surface area contributed by atoms with Gasteiger partial charge >= 0.3 is 0 Å². The van der Waals surface area contributed by atoms with E-state index in [0.717, 1.165) is 24.0 Å². The number of carbonyl (C=O) groups excluding carboxylic acids is 2. The van der Waals surface area contributed by atoms with Crippen LogP contribution >= 0.6 is 11.8 Å². The van der Waals surface area contributed by atoms with E-state index in [-0.39, 0.29) is 23.9 Å². The highest BCUT2D eigenvalue weighted by Crippen LogP contribution is 2.35. The predicted octanol–water partition coefficient (Wildman–Crippen LogP) is 3.79. The highest BCUT2D eigenvalue weighted by molar-refractivity contribution is 8.13. The van der Waals surface area contributed by atoms with Gasteiger partial charge in [0, 0.05) is 30.0 Å². The van der Waals surface area contributed by atoms with Crippen molar-refractivity contribution in [3.63, 3.8) is 0 Å². The molecule has 0 aromatic heterocycles. The summed E-state index contributed by atoms with van der Waals surface area (Å²) >= 11 is 1.30. The number of amidine groups is 2. The van der Waals surface area contributed by atoms with Crippen molar-refractivity contribution in [2.75, 3.05) is 6.54 Å². The monoisotopic (exact) mass is 465 g/mol. The molecule has 2 aliphatic heterocycles. The average Bonchev–Trinajstić information content (AvgIpc) is 3.14. The largest absolute Gasteiger partial charge is 0.356 e. The van der Waals surface area contributed by atoms with E-state index in [0.29, 0.717) is 29.0 Å². The van der Waals surface area contributed by atoms with Crippen molar-refractivity contribution in [2.24, 2.45) is 9.98 Å². The standard InChI is InChI=1S/C23H23N5O4S/c1-2-3-11-24-20(29)13-19-22(30)27-21(25-19)17-9-4-5-10-18(17)26-23(27)33-14-15-7-6-8-16(12-15)28(31)32/h4-10,12,19H,2-3,11,13-14H2,1H3,(H,24,29)/t19-/m1/s1. The summed E-state index contributed by atoms with van der Waals surface area (Å²) in [6, 6.07) is 13.0. The first-order chi connectivity index (χ1) is 16.0. The summed E-state index contributed by atoms with van der Waals surface area (Å²) in [4.78, 5) is 46.9. The minimum absolute atomic E-state index is 0.0117. The Kier molecular flexibility index (Phi) is 6.83. The minimum Gasteiger partial charge on any atom is -0.356 e. The maximum atomic E-state index is 13.2. The Morgan fingerprint density at radius 1 is 1.24 bits per heavy atom. The lowest BCUT2D eigenvalue weighted by molar-refractivity contribution is -0.384. The second-order valence-electron chi connectivity index (χ2n) is 7.68. The molecule has 4 rings (SSSR count). The van der Waals surface area contributed by atoms with E-state index in [2.05, 4.69) is 15.3 Å². The molecule has 0 aliphatic carbocycles. The van der Waals surface area contributed by atoms with Crippen LogP contribution in [0.25, 0.3) is 0 Å². The van der Waals surface area contributed by atoms with Crippen molar-refractivity contribution in [1.82, 2.24) is 10.2 Å². The lowest BCUT2D eigenvalue weighted by Crippen LogP contribution is -2.42. The van der Waals surface area contributed by atoms with E-state index >= 15 is 0 Å². The number of unbranched alkanes of at least 4 members (excludes halogenated alkanes) is 1. The van der Waals surface area contributed by atoms with Gasteiger partial charge in [-0.3, -0.25) is 24.7 Å². The van der Waals surface area contributed by atoms with Gasteiger partial charge in [0.05, 0.1) is 17.0 Å². The number of non-ortho nitro benzene ring substituents is 1. The lowest BCUT2D eigenvalue weighted by Gasteiger charge is -2.25. The molecule has 2 aliphatic rings. The summed E-state index contributed by atoms with van der Waals surface area (Å²) < 4.78 is 0. The van der Waals surface area contributed by atoms with Crippen LogP contribution < -0.4 is 5.32 Å². The summed E-state index contributed by atoms with van der Waals surface area (Å²) in [5, 5.41) is 14.3. The van der Waals surface area contributed by atoms with Gasteiger partial charge in [-0.1, -0.05) is 49.4 Å². The Balaban J connectivity index is 1.56. The zero-order valence-electron chi connectivity index (χ0n) is 18.1. The molecule has 2 aromatic rings. The quantitative estimate of drug-likeness (QED) is 0.362. The Labute approximate surface area is 195 Å². The van der Waals surface area contributed by atoms with Crippen molar-refractivity contribution < 1.29 is 14.5 Å². The van der Waals surface area contributed by atoms with E-state index < -0.39 is 11.0 Å². The first-order valence-corrected chi connectivity index (χ1v) is 11.7. The third-order valence-electron chi connectivity index (χ3n) is 5.27. The average molecular weight is 466 g/mol. The van der Waals surface area contributed by atoms with Crippen LogP contribution in [0.15, 0.2) is 58.5 Å². The van der Waals surface area contributed by atoms with Crippen LogP contribution in [0.4, 0.5) is 11.4 Å². The number of nitro benzene ring substituents is 1. The van der Waals surface area contributed by atoms with Gasteiger partial charge < -0.3 is 5.32 Å². The molecule has 0 bridgehead atoms. The molecule has 0 unspecified atom stereocenters. The third-order valence-corrected chi connectivity index (χ3v) is 6.28. The molecule has 170 valence electrons. The number of nitrogens with zero attached hydrogens (tertiary/aromatic N) is 4. The van der Waals surface area contributed by atoms with E-state index in [1.54, 1.807) is 12.1 Å². The molecule has 33 heavy (non-hydrogen) atoms. The molecular formula is C23H23N5O4S. The summed E-state index contributed by atoms with van der Waals surface area (Å²) in [6.45, 7) is 2.62. The number of thioether (sulfide) groups is 1. The molecule has 0 fully saturated rings. The first-order valence-electron chi connectivity index (χ1n) is 10.7. The van der Waals surface area contributed by atoms with Gasteiger partial charge in [-0.2, -0.15) is 0 Å². The topological polar surface area (TPSA) is 117 Å². The lowest BCUT2D eigenvalue weighted by atomic mass is 10.1. The second kappa shape index (κ2) is 9.95. The fourth-order valence-corrected chi connectivity index (χ4v) is 4.54. The number of benzene rings is 2. The van der Waals surface area contributed by atoms with Gasteiger partial charge in [0.1, 0.15) is 11.9 Å². The predicted molar refractivity (Wildman–Crippen MR) is 128 cm³/mol. The van der Waals surface area contributed by atoms with Crippen LogP contribution in [-0.2, 0) is 15.3 Å². The van der Waals surface area contributed by atoms with Gasteiger partial charge in [0.25, 0.3) is 11.6 Å². The Bertz CT molecular complexity index is 1160. The maximum absolute atomic E-state index is 13.2. The van der Waals surface area contributed by atoms with Crippen LogP contribution in [0.5, 0.6) is 0 Å². The molecule has 10 heteroatoms. The summed E-state index contributed by atoms with van der Waals surface area (Å²) in [5.41, 5.74) is 2.18. The van der Waals surface area contributed by atoms with E-state index in [1.165, 1.54) is 28.8 Å². The maximum Gasteiger partial charge on any atom is 0.269 e. The molecule has 0 saturated carbocycles. The molecule has 2 amide bonds. The number of nitrogens with one attached hydrogen (secondary N) is 1. The molecule has 0 spiro atoms. The van der Waals surface area contributed by atoms with E-state index in [4.69, 9.17) is 0 Å². The van der Waals surface area contributed by atoms with Gasteiger partial charge in [-0.15, -0.1) is 0 Å². The zero-order chi connectivity index (χ0) is 23.4. The van der Waals surface area contributed by atoms with Crippen LogP contribution in [0, 0.1) is 10.1 Å². The Morgan fingerprint density at radius 3 is 2.85 bits per heavy atom. The number of fused-ring (bicyclic) bond motifs is 3. The smallest absolute Gasteiger partial charge is 0.269 e. The van der Waals surface area contributed by atoms with Crippen LogP contribution in [-0.4, -0.2) is 45.2 Å². The second-order valence-corrected chi connectivity index (χ2v) is 8.62. The Hall–Kier alpha value is -3.53. The van der Waals surface area contributed by atoms with Crippen LogP contribution in [0.1, 0.15) is 37.3 Å². The van der Waals surface area contributed by atoms with E-state index in [9.17, 15) is 19.7 Å². The van der Waals surface area contributed by atoms with Gasteiger partial charge in [-0.25, -0.2) is 9.89 Å². The fraction of sp³-hybridized carbons (Fsp3) is 0.304. The van der Waals surface area contributed by atoms with Gasteiger partial charge in [-0.05, 0) is 24.1 Å². The Morgan fingerprint density at radius 2 is 2.06 bits per heavy atom. The highest BCUT2D eigenvalue weighted by atomic mass is 32.2. The number of hydrogen-bond donors (Lipinski definition) is 1. The zero-order valence-corrected chi connectivity index (χ0v) is 18.9. The molecule has 9 nitrogen and oxygen atoms in total. The fourth-order valence-electron chi connectivity index (χ4n) is 3.59. The number of nitro groups is 1. The normalized spacial score (nSPS) is 16.6. The van der Waals surface area contributed by atoms with Crippen molar-refractivity contribution in [1.29, 1.82) is 0 Å². The van der Waals surface area contributed by atoms with Crippen molar-refractivity contribution >= 4 is 46.0 Å². The summed E-state index contributed by atoms with van der Waals surface area (Å²) in [5.74, 6) is 0.373. The van der Waals surface area contributed by atoms with Crippen molar-refractivity contribution in [3.8, 4) is 0 Å². The first kappa shape index (κ1) is 22.7. The highest BCUT2D eigenvalue weighted by Gasteiger charge is 2.42. The molecule has 0 radical (unpaired) electrons. The van der Waals surface area contributed by atoms with Gasteiger partial charge in [0.15, 0.2) is 5.17 Å². The van der Waals surface area contributed by atoms with Crippen molar-refractivity contribution in [3.05, 3.63) is 69.8 Å². The number of hydrogen-bond acceptors (Lipinski definition) is 7. The summed E-state index contributed by atoms with van der Waals surface area (Å²) in [6.07, 6.45) is 1.83. The molecule has 1 atom stereocenters. The van der Waals surface area contributed by atoms with Crippen LogP contribution in [0.3, 0.4) is 0 Å².